The molecule has 2 aromatic heterocycles. The highest BCUT2D eigenvalue weighted by atomic mass is 16.5. The second-order valence-corrected chi connectivity index (χ2v) is 7.19. The molecular formula is C22H22N6O4. The number of aromatic hydroxyl groups is 1. The van der Waals surface area contributed by atoms with Crippen molar-refractivity contribution in [1.82, 2.24) is 18.7 Å². The highest BCUT2D eigenvalue weighted by Crippen LogP contribution is 2.25. The zero-order valence-electron chi connectivity index (χ0n) is 17.8. The highest BCUT2D eigenvalue weighted by Gasteiger charge is 2.19. The number of benzene rings is 2. The molecule has 10 nitrogen and oxygen atoms in total. The molecule has 2 N–H and O–H groups in total. The van der Waals surface area contributed by atoms with Gasteiger partial charge in [-0.25, -0.2) is 10.2 Å². The number of nitrogens with zero attached hydrogens (tertiary/aromatic N) is 5. The molecule has 0 saturated carbocycles. The standard InChI is InChI=1S/C22H22N6O4/c1-26-19-18(20(30)27(2)22(26)31)28(13-14-7-5-4-6-8-14)21(24-19)25-23-12-15-9-10-16(29)17(11-15)32-3/h4-12,29H,13H2,1-3H3,(H,24,25)/b23-12-. The van der Waals surface area contributed by atoms with E-state index in [1.165, 1.54) is 31.0 Å². The molecular weight excluding hydrogens is 412 g/mol. The zero-order valence-corrected chi connectivity index (χ0v) is 17.8. The first-order valence-corrected chi connectivity index (χ1v) is 9.77. The third-order valence-corrected chi connectivity index (χ3v) is 5.11. The largest absolute Gasteiger partial charge is 0.504 e. The van der Waals surface area contributed by atoms with E-state index in [1.54, 1.807) is 23.7 Å². The van der Waals surface area contributed by atoms with Crippen molar-refractivity contribution in [2.24, 2.45) is 19.2 Å². The minimum Gasteiger partial charge on any atom is -0.504 e. The molecule has 2 heterocycles. The number of hydrogen-bond acceptors (Lipinski definition) is 7. The van der Waals surface area contributed by atoms with Crippen LogP contribution in [0.3, 0.4) is 0 Å². The molecule has 0 amide bonds. The van der Waals surface area contributed by atoms with Crippen LogP contribution in [0.4, 0.5) is 5.95 Å². The van der Waals surface area contributed by atoms with Crippen molar-refractivity contribution >= 4 is 23.3 Å². The van der Waals surface area contributed by atoms with E-state index in [1.807, 2.05) is 30.3 Å². The maximum Gasteiger partial charge on any atom is 0.332 e. The smallest absolute Gasteiger partial charge is 0.332 e. The molecule has 164 valence electrons. The van der Waals surface area contributed by atoms with Gasteiger partial charge in [-0.3, -0.25) is 18.5 Å². The SMILES string of the molecule is COc1cc(/C=N\Nc2nc3c(c(=O)n(C)c(=O)n3C)n2Cc2ccccc2)ccc1O. The average Bonchev–Trinajstić information content (AvgIpc) is 3.16. The number of hydrazone groups is 1. The van der Waals surface area contributed by atoms with E-state index in [4.69, 9.17) is 4.74 Å². The highest BCUT2D eigenvalue weighted by molar-refractivity contribution is 5.81. The molecule has 4 rings (SSSR count). The number of aromatic nitrogens is 4. The summed E-state index contributed by atoms with van der Waals surface area (Å²) in [6, 6.07) is 14.4. The molecule has 0 aliphatic carbocycles. The van der Waals surface area contributed by atoms with E-state index in [2.05, 4.69) is 15.5 Å². The van der Waals surface area contributed by atoms with Crippen LogP contribution in [0.15, 0.2) is 63.2 Å². The van der Waals surface area contributed by atoms with E-state index in [-0.39, 0.29) is 11.4 Å². The third kappa shape index (κ3) is 3.73. The molecule has 0 aliphatic rings. The summed E-state index contributed by atoms with van der Waals surface area (Å²) in [4.78, 5) is 29.7. The van der Waals surface area contributed by atoms with Crippen LogP contribution in [-0.2, 0) is 20.6 Å². The van der Waals surface area contributed by atoms with Crippen molar-refractivity contribution < 1.29 is 9.84 Å². The van der Waals surface area contributed by atoms with Crippen LogP contribution in [0, 0.1) is 0 Å². The van der Waals surface area contributed by atoms with Crippen molar-refractivity contribution in [3.63, 3.8) is 0 Å². The summed E-state index contributed by atoms with van der Waals surface area (Å²) in [6.45, 7) is 0.357. The average molecular weight is 434 g/mol. The van der Waals surface area contributed by atoms with Gasteiger partial charge in [-0.05, 0) is 29.3 Å². The van der Waals surface area contributed by atoms with Crippen LogP contribution < -0.4 is 21.4 Å². The summed E-state index contributed by atoms with van der Waals surface area (Å²) in [5.41, 5.74) is 4.17. The summed E-state index contributed by atoms with van der Waals surface area (Å²) in [5, 5.41) is 14.0. The fourth-order valence-corrected chi connectivity index (χ4v) is 3.39. The first kappa shape index (κ1) is 20.9. The molecule has 0 atom stereocenters. The van der Waals surface area contributed by atoms with E-state index >= 15 is 0 Å². The van der Waals surface area contributed by atoms with Crippen LogP contribution in [0.25, 0.3) is 11.2 Å². The normalized spacial score (nSPS) is 11.3. The van der Waals surface area contributed by atoms with Crippen molar-refractivity contribution in [3.05, 3.63) is 80.5 Å². The van der Waals surface area contributed by atoms with Crippen LogP contribution in [0.1, 0.15) is 11.1 Å². The Labute approximate surface area is 182 Å². The number of rotatable bonds is 6. The molecule has 0 fully saturated rings. The number of fused-ring (bicyclic) bond motifs is 1. The van der Waals surface area contributed by atoms with Crippen LogP contribution in [-0.4, -0.2) is 37.1 Å². The lowest BCUT2D eigenvalue weighted by Gasteiger charge is -2.09. The second-order valence-electron chi connectivity index (χ2n) is 7.19. The molecule has 2 aromatic carbocycles. The van der Waals surface area contributed by atoms with Crippen LogP contribution in [0.2, 0.25) is 0 Å². The summed E-state index contributed by atoms with van der Waals surface area (Å²) in [5.74, 6) is 0.659. The van der Waals surface area contributed by atoms with Gasteiger partial charge in [0.15, 0.2) is 22.7 Å². The van der Waals surface area contributed by atoms with E-state index < -0.39 is 11.2 Å². The first-order chi connectivity index (χ1) is 15.4. The number of methoxy groups -OCH3 is 1. The molecule has 0 spiro atoms. The van der Waals surface area contributed by atoms with Gasteiger partial charge in [-0.1, -0.05) is 30.3 Å². The Hall–Kier alpha value is -4.34. The Morgan fingerprint density at radius 3 is 2.59 bits per heavy atom. The lowest BCUT2D eigenvalue weighted by molar-refractivity contribution is 0.373. The topological polar surface area (TPSA) is 116 Å². The van der Waals surface area contributed by atoms with Gasteiger partial charge in [-0.2, -0.15) is 10.1 Å². The first-order valence-electron chi connectivity index (χ1n) is 9.77. The van der Waals surface area contributed by atoms with E-state index in [9.17, 15) is 14.7 Å². The summed E-state index contributed by atoms with van der Waals surface area (Å²) < 4.78 is 9.19. The number of hydrogen-bond donors (Lipinski definition) is 2. The van der Waals surface area contributed by atoms with Gasteiger partial charge in [0.1, 0.15) is 0 Å². The maximum atomic E-state index is 12.9. The summed E-state index contributed by atoms with van der Waals surface area (Å²) in [7, 11) is 4.47. The number of phenolic OH excluding ortho intramolecular Hbond substituents is 1. The lowest BCUT2D eigenvalue weighted by Crippen LogP contribution is -2.37. The van der Waals surface area contributed by atoms with Gasteiger partial charge in [0.2, 0.25) is 5.95 Å². The molecule has 0 bridgehead atoms. The van der Waals surface area contributed by atoms with Crippen LogP contribution in [0.5, 0.6) is 11.5 Å². The maximum absolute atomic E-state index is 12.9. The van der Waals surface area contributed by atoms with Gasteiger partial charge < -0.3 is 9.84 Å². The quantitative estimate of drug-likeness (QED) is 0.352. The van der Waals surface area contributed by atoms with E-state index in [0.29, 0.717) is 29.3 Å². The predicted molar refractivity (Wildman–Crippen MR) is 122 cm³/mol. The molecule has 32 heavy (non-hydrogen) atoms. The number of imidazole rings is 1. The predicted octanol–water partition coefficient (Wildman–Crippen LogP) is 1.64. The fraction of sp³-hybridized carbons (Fsp3) is 0.182. The summed E-state index contributed by atoms with van der Waals surface area (Å²) in [6.07, 6.45) is 1.53. The van der Waals surface area contributed by atoms with E-state index in [0.717, 1.165) is 10.1 Å². The Morgan fingerprint density at radius 2 is 1.88 bits per heavy atom. The van der Waals surface area contributed by atoms with Crippen molar-refractivity contribution in [3.8, 4) is 11.5 Å². The number of phenols is 1. The molecule has 0 aliphatic heterocycles. The summed E-state index contributed by atoms with van der Waals surface area (Å²) >= 11 is 0. The monoisotopic (exact) mass is 434 g/mol. The molecule has 10 heteroatoms. The zero-order chi connectivity index (χ0) is 22.8. The molecule has 0 radical (unpaired) electrons. The molecule has 0 saturated heterocycles. The Morgan fingerprint density at radius 1 is 1.12 bits per heavy atom. The van der Waals surface area contributed by atoms with Crippen LogP contribution >= 0.6 is 0 Å². The second kappa shape index (κ2) is 8.42. The fourth-order valence-electron chi connectivity index (χ4n) is 3.39. The Balaban J connectivity index is 1.78. The third-order valence-electron chi connectivity index (χ3n) is 5.11. The van der Waals surface area contributed by atoms with Crippen molar-refractivity contribution in [2.45, 2.75) is 6.54 Å². The lowest BCUT2D eigenvalue weighted by atomic mass is 10.2. The number of ether oxygens (including phenoxy) is 1. The Bertz CT molecular complexity index is 1430. The number of nitrogens with one attached hydrogen (secondary N) is 1. The van der Waals surface area contributed by atoms with Gasteiger partial charge in [-0.15, -0.1) is 0 Å². The van der Waals surface area contributed by atoms with Gasteiger partial charge in [0.05, 0.1) is 19.9 Å². The number of aryl methyl sites for hydroxylation is 1. The minimum atomic E-state index is -0.460. The van der Waals surface area contributed by atoms with Gasteiger partial charge in [0.25, 0.3) is 5.56 Å². The molecule has 0 unspecified atom stereocenters. The van der Waals surface area contributed by atoms with Gasteiger partial charge in [0, 0.05) is 14.1 Å². The minimum absolute atomic E-state index is 0.0269. The Kier molecular flexibility index (Phi) is 5.50. The van der Waals surface area contributed by atoms with Crippen molar-refractivity contribution in [1.29, 1.82) is 0 Å². The molecule has 4 aromatic rings. The number of anilines is 1. The van der Waals surface area contributed by atoms with Gasteiger partial charge >= 0.3 is 5.69 Å². The van der Waals surface area contributed by atoms with Crippen molar-refractivity contribution in [2.75, 3.05) is 12.5 Å².